The summed E-state index contributed by atoms with van der Waals surface area (Å²) < 4.78 is 16.1. The fourth-order valence-corrected chi connectivity index (χ4v) is 3.07. The summed E-state index contributed by atoms with van der Waals surface area (Å²) in [6.45, 7) is 11.3. The van der Waals surface area contributed by atoms with E-state index in [2.05, 4.69) is 44.3 Å². The zero-order valence-corrected chi connectivity index (χ0v) is 17.8. The average molecular weight is 392 g/mol. The zero-order valence-electron chi connectivity index (χ0n) is 17.8. The molecular weight excluding hydrogens is 358 g/mol. The number of para-hydroxylation sites is 1. The molecule has 0 aromatic heterocycles. The number of benzene rings is 1. The van der Waals surface area contributed by atoms with Crippen LogP contribution in [0.5, 0.6) is 5.75 Å². The molecule has 2 rings (SSSR count). The van der Waals surface area contributed by atoms with Crippen LogP contribution in [0.1, 0.15) is 77.3 Å². The molecular formula is C22H33NO5. The second-order valence-corrected chi connectivity index (χ2v) is 8.68. The Balaban J connectivity index is 1.91. The molecule has 0 saturated heterocycles. The van der Waals surface area contributed by atoms with E-state index in [1.54, 1.807) is 20.8 Å². The molecule has 1 aliphatic rings. The van der Waals surface area contributed by atoms with Crippen LogP contribution in [-0.4, -0.2) is 31.0 Å². The van der Waals surface area contributed by atoms with Gasteiger partial charge in [-0.05, 0) is 62.5 Å². The van der Waals surface area contributed by atoms with Crippen molar-refractivity contribution in [2.24, 2.45) is 5.92 Å². The maximum atomic E-state index is 11.9. The molecule has 0 spiro atoms. The number of hydrogen-bond donors (Lipinski definition) is 1. The number of alkyl carbamates (subject to hydrolysis) is 1. The Labute approximate surface area is 167 Å². The van der Waals surface area contributed by atoms with Crippen LogP contribution in [0.15, 0.2) is 18.2 Å². The lowest BCUT2D eigenvalue weighted by atomic mass is 9.90. The predicted molar refractivity (Wildman–Crippen MR) is 107 cm³/mol. The molecule has 1 aliphatic carbocycles. The minimum atomic E-state index is -0.656. The van der Waals surface area contributed by atoms with Crippen LogP contribution in [0.3, 0.4) is 0 Å². The van der Waals surface area contributed by atoms with E-state index in [1.165, 1.54) is 12.8 Å². The standard InChI is InChI=1S/C22H33NO5/c1-14(2)17-8-7-9-18(15(3)16-10-11-16)20(17)27-13-26-19(24)12-23-21(25)28-22(4,5)6/h7-9,14-16H,10-13H2,1-6H3,(H,23,25). The van der Waals surface area contributed by atoms with Crippen LogP contribution in [0, 0.1) is 5.92 Å². The third kappa shape index (κ3) is 6.73. The molecule has 0 bridgehead atoms. The molecule has 1 saturated carbocycles. The minimum absolute atomic E-state index is 0.192. The molecule has 6 nitrogen and oxygen atoms in total. The Bertz CT molecular complexity index is 689. The lowest BCUT2D eigenvalue weighted by Gasteiger charge is -2.21. The van der Waals surface area contributed by atoms with Gasteiger partial charge < -0.3 is 19.5 Å². The monoisotopic (exact) mass is 391 g/mol. The van der Waals surface area contributed by atoms with Gasteiger partial charge in [-0.3, -0.25) is 4.79 Å². The number of hydrogen-bond acceptors (Lipinski definition) is 5. The molecule has 1 fully saturated rings. The summed E-state index contributed by atoms with van der Waals surface area (Å²) in [7, 11) is 0. The largest absolute Gasteiger partial charge is 0.457 e. The summed E-state index contributed by atoms with van der Waals surface area (Å²) in [6.07, 6.45) is 1.84. The van der Waals surface area contributed by atoms with Crippen molar-refractivity contribution in [1.82, 2.24) is 5.32 Å². The highest BCUT2D eigenvalue weighted by atomic mass is 16.7. The maximum absolute atomic E-state index is 11.9. The van der Waals surface area contributed by atoms with Gasteiger partial charge in [0.15, 0.2) is 0 Å². The molecule has 0 aliphatic heterocycles. The third-order valence-electron chi connectivity index (χ3n) is 4.72. The van der Waals surface area contributed by atoms with Gasteiger partial charge >= 0.3 is 12.1 Å². The second-order valence-electron chi connectivity index (χ2n) is 8.68. The fraction of sp³-hybridized carbons (Fsp3) is 0.636. The van der Waals surface area contributed by atoms with E-state index in [1.807, 2.05) is 0 Å². The molecule has 28 heavy (non-hydrogen) atoms. The van der Waals surface area contributed by atoms with Gasteiger partial charge in [0.05, 0.1) is 0 Å². The van der Waals surface area contributed by atoms with Crippen LogP contribution in [0.4, 0.5) is 4.79 Å². The van der Waals surface area contributed by atoms with Crippen molar-refractivity contribution in [3.05, 3.63) is 29.3 Å². The quantitative estimate of drug-likeness (QED) is 0.512. The van der Waals surface area contributed by atoms with Crippen molar-refractivity contribution in [3.63, 3.8) is 0 Å². The first kappa shape index (κ1) is 22.1. The van der Waals surface area contributed by atoms with Crippen LogP contribution in [-0.2, 0) is 14.3 Å². The second kappa shape index (κ2) is 9.30. The summed E-state index contributed by atoms with van der Waals surface area (Å²) in [5.74, 6) is 1.64. The molecule has 1 atom stereocenters. The van der Waals surface area contributed by atoms with E-state index < -0.39 is 17.7 Å². The minimum Gasteiger partial charge on any atom is -0.457 e. The number of amides is 1. The Morgan fingerprint density at radius 1 is 1.14 bits per heavy atom. The molecule has 1 amide bonds. The highest BCUT2D eigenvalue weighted by Gasteiger charge is 2.31. The fourth-order valence-electron chi connectivity index (χ4n) is 3.07. The van der Waals surface area contributed by atoms with Gasteiger partial charge in [-0.15, -0.1) is 0 Å². The van der Waals surface area contributed by atoms with Gasteiger partial charge in [0, 0.05) is 0 Å². The normalized spacial score (nSPS) is 15.1. The predicted octanol–water partition coefficient (Wildman–Crippen LogP) is 4.73. The van der Waals surface area contributed by atoms with Gasteiger partial charge in [-0.2, -0.15) is 0 Å². The van der Waals surface area contributed by atoms with Crippen molar-refractivity contribution >= 4 is 12.1 Å². The molecule has 1 N–H and O–H groups in total. The summed E-state index contributed by atoms with van der Waals surface area (Å²) in [6, 6.07) is 6.21. The molecule has 1 aromatic rings. The van der Waals surface area contributed by atoms with Crippen molar-refractivity contribution in [2.75, 3.05) is 13.3 Å². The molecule has 1 aromatic carbocycles. The van der Waals surface area contributed by atoms with E-state index in [9.17, 15) is 9.59 Å². The van der Waals surface area contributed by atoms with E-state index in [0.717, 1.165) is 16.9 Å². The van der Waals surface area contributed by atoms with Crippen LogP contribution < -0.4 is 10.1 Å². The number of nitrogens with one attached hydrogen (secondary N) is 1. The Hall–Kier alpha value is -2.24. The van der Waals surface area contributed by atoms with Gasteiger partial charge in [-0.1, -0.05) is 39.0 Å². The van der Waals surface area contributed by atoms with E-state index in [4.69, 9.17) is 14.2 Å². The Morgan fingerprint density at radius 2 is 1.79 bits per heavy atom. The third-order valence-corrected chi connectivity index (χ3v) is 4.72. The maximum Gasteiger partial charge on any atom is 0.408 e. The van der Waals surface area contributed by atoms with Gasteiger partial charge in [0.25, 0.3) is 0 Å². The van der Waals surface area contributed by atoms with E-state index in [0.29, 0.717) is 17.8 Å². The number of carbonyl (C=O) groups excluding carboxylic acids is 2. The summed E-state index contributed by atoms with van der Waals surface area (Å²) in [5, 5.41) is 2.38. The smallest absolute Gasteiger partial charge is 0.408 e. The van der Waals surface area contributed by atoms with Gasteiger partial charge in [0.1, 0.15) is 17.9 Å². The van der Waals surface area contributed by atoms with Crippen LogP contribution in [0.25, 0.3) is 0 Å². The molecule has 1 unspecified atom stereocenters. The lowest BCUT2D eigenvalue weighted by molar-refractivity contribution is -0.149. The summed E-state index contributed by atoms with van der Waals surface area (Å²) in [5.41, 5.74) is 1.65. The molecule has 0 heterocycles. The molecule has 156 valence electrons. The SMILES string of the molecule is CC(C)c1cccc(C(C)C2CC2)c1OCOC(=O)CNC(=O)OC(C)(C)C. The average Bonchev–Trinajstić information content (AvgIpc) is 3.43. The van der Waals surface area contributed by atoms with Gasteiger partial charge in [-0.25, -0.2) is 4.79 Å². The summed E-state index contributed by atoms with van der Waals surface area (Å²) in [4.78, 5) is 23.5. The molecule has 6 heteroatoms. The summed E-state index contributed by atoms with van der Waals surface area (Å²) >= 11 is 0. The highest BCUT2D eigenvalue weighted by Crippen LogP contribution is 2.46. The van der Waals surface area contributed by atoms with Crippen molar-refractivity contribution < 1.29 is 23.8 Å². The first-order chi connectivity index (χ1) is 13.1. The number of carbonyl (C=O) groups is 2. The van der Waals surface area contributed by atoms with Crippen molar-refractivity contribution in [1.29, 1.82) is 0 Å². The van der Waals surface area contributed by atoms with Crippen LogP contribution in [0.2, 0.25) is 0 Å². The van der Waals surface area contributed by atoms with Crippen LogP contribution >= 0.6 is 0 Å². The first-order valence-corrected chi connectivity index (χ1v) is 9.96. The van der Waals surface area contributed by atoms with E-state index >= 15 is 0 Å². The van der Waals surface area contributed by atoms with E-state index in [-0.39, 0.29) is 13.3 Å². The number of esters is 1. The Morgan fingerprint density at radius 3 is 2.36 bits per heavy atom. The topological polar surface area (TPSA) is 73.9 Å². The highest BCUT2D eigenvalue weighted by molar-refractivity contribution is 5.77. The molecule has 0 radical (unpaired) electrons. The van der Waals surface area contributed by atoms with Crippen molar-refractivity contribution in [2.45, 2.75) is 71.8 Å². The van der Waals surface area contributed by atoms with Gasteiger partial charge in [0.2, 0.25) is 6.79 Å². The Kier molecular flexibility index (Phi) is 7.33. The number of ether oxygens (including phenoxy) is 3. The number of rotatable bonds is 8. The van der Waals surface area contributed by atoms with Crippen molar-refractivity contribution in [3.8, 4) is 5.75 Å². The lowest BCUT2D eigenvalue weighted by Crippen LogP contribution is -2.36. The zero-order chi connectivity index (χ0) is 20.9. The first-order valence-electron chi connectivity index (χ1n) is 9.96.